The van der Waals surface area contributed by atoms with Crippen molar-refractivity contribution in [2.45, 2.75) is 13.8 Å². The summed E-state index contributed by atoms with van der Waals surface area (Å²) in [5, 5.41) is 3.24. The summed E-state index contributed by atoms with van der Waals surface area (Å²) >= 11 is 1.56. The van der Waals surface area contributed by atoms with Gasteiger partial charge in [-0.25, -0.2) is 9.97 Å². The van der Waals surface area contributed by atoms with Crippen LogP contribution in [-0.2, 0) is 0 Å². The van der Waals surface area contributed by atoms with E-state index in [4.69, 9.17) is 0 Å². The standard InChI is InChI=1S/C19H22N6OS/c1-3-20-17-10-13(2)22-19(23-17)25-8-6-24(7-9-25)18(26)14-4-5-15-16(11-14)27-12-21-15/h4-5,10-12H,3,6-9H2,1-2H3,(H,20,22,23). The molecule has 1 fully saturated rings. The minimum atomic E-state index is 0.0726. The van der Waals surface area contributed by atoms with Crippen molar-refractivity contribution in [3.05, 3.63) is 41.0 Å². The molecule has 7 nitrogen and oxygen atoms in total. The zero-order chi connectivity index (χ0) is 18.8. The number of aromatic nitrogens is 3. The molecule has 0 radical (unpaired) electrons. The monoisotopic (exact) mass is 382 g/mol. The smallest absolute Gasteiger partial charge is 0.254 e. The Labute approximate surface area is 162 Å². The Morgan fingerprint density at radius 1 is 1.19 bits per heavy atom. The number of fused-ring (bicyclic) bond motifs is 1. The van der Waals surface area contributed by atoms with Crippen molar-refractivity contribution in [2.24, 2.45) is 0 Å². The summed E-state index contributed by atoms with van der Waals surface area (Å²) in [7, 11) is 0. The molecule has 1 amide bonds. The Kier molecular flexibility index (Phi) is 4.89. The lowest BCUT2D eigenvalue weighted by Gasteiger charge is -2.35. The molecule has 0 bridgehead atoms. The molecule has 27 heavy (non-hydrogen) atoms. The van der Waals surface area contributed by atoms with E-state index in [0.717, 1.165) is 52.9 Å². The number of nitrogens with one attached hydrogen (secondary N) is 1. The number of nitrogens with zero attached hydrogens (tertiary/aromatic N) is 5. The van der Waals surface area contributed by atoms with Crippen LogP contribution < -0.4 is 10.2 Å². The lowest BCUT2D eigenvalue weighted by Crippen LogP contribution is -2.49. The summed E-state index contributed by atoms with van der Waals surface area (Å²) in [6.45, 7) is 7.61. The fraction of sp³-hybridized carbons (Fsp3) is 0.368. The molecule has 3 heterocycles. The average molecular weight is 382 g/mol. The summed E-state index contributed by atoms with van der Waals surface area (Å²) in [5.41, 5.74) is 4.41. The van der Waals surface area contributed by atoms with Crippen molar-refractivity contribution in [2.75, 3.05) is 42.9 Å². The molecule has 2 aromatic heterocycles. The number of hydrogen-bond donors (Lipinski definition) is 1. The number of hydrogen-bond acceptors (Lipinski definition) is 7. The molecule has 1 aliphatic heterocycles. The van der Waals surface area contributed by atoms with Gasteiger partial charge in [-0.15, -0.1) is 11.3 Å². The summed E-state index contributed by atoms with van der Waals surface area (Å²) in [6.07, 6.45) is 0. The Morgan fingerprint density at radius 2 is 2.00 bits per heavy atom. The molecule has 0 atom stereocenters. The third kappa shape index (κ3) is 3.71. The Bertz CT molecular complexity index is 964. The van der Waals surface area contributed by atoms with Crippen molar-refractivity contribution in [3.8, 4) is 0 Å². The van der Waals surface area contributed by atoms with Crippen LogP contribution in [0.3, 0.4) is 0 Å². The summed E-state index contributed by atoms with van der Waals surface area (Å²) in [5.74, 6) is 1.64. The number of rotatable bonds is 4. The fourth-order valence-electron chi connectivity index (χ4n) is 3.25. The van der Waals surface area contributed by atoms with Gasteiger partial charge in [-0.1, -0.05) is 0 Å². The molecule has 0 saturated carbocycles. The first-order chi connectivity index (χ1) is 13.1. The van der Waals surface area contributed by atoms with Gasteiger partial charge < -0.3 is 15.1 Å². The van der Waals surface area contributed by atoms with Gasteiger partial charge >= 0.3 is 0 Å². The van der Waals surface area contributed by atoms with E-state index in [1.54, 1.807) is 16.8 Å². The van der Waals surface area contributed by atoms with Gasteiger partial charge in [-0.2, -0.15) is 4.98 Å². The minimum absolute atomic E-state index is 0.0726. The van der Waals surface area contributed by atoms with Gasteiger partial charge in [0.2, 0.25) is 5.95 Å². The maximum Gasteiger partial charge on any atom is 0.254 e. The molecule has 1 saturated heterocycles. The van der Waals surface area contributed by atoms with E-state index in [1.165, 1.54) is 0 Å². The summed E-state index contributed by atoms with van der Waals surface area (Å²) in [6, 6.07) is 7.66. The molecule has 0 unspecified atom stereocenters. The van der Waals surface area contributed by atoms with Gasteiger partial charge in [-0.05, 0) is 32.0 Å². The highest BCUT2D eigenvalue weighted by atomic mass is 32.1. The van der Waals surface area contributed by atoms with E-state index in [1.807, 2.05) is 43.0 Å². The van der Waals surface area contributed by atoms with E-state index >= 15 is 0 Å². The fourth-order valence-corrected chi connectivity index (χ4v) is 3.96. The van der Waals surface area contributed by atoms with Crippen LogP contribution in [0.25, 0.3) is 10.2 Å². The Morgan fingerprint density at radius 3 is 2.78 bits per heavy atom. The lowest BCUT2D eigenvalue weighted by atomic mass is 10.1. The molecule has 1 aliphatic rings. The number of amides is 1. The predicted molar refractivity (Wildman–Crippen MR) is 109 cm³/mol. The molecule has 8 heteroatoms. The second kappa shape index (κ2) is 7.48. The molecule has 0 spiro atoms. The van der Waals surface area contributed by atoms with Gasteiger partial charge in [-0.3, -0.25) is 4.79 Å². The number of carbonyl (C=O) groups excluding carboxylic acids is 1. The molecular weight excluding hydrogens is 360 g/mol. The third-order valence-electron chi connectivity index (χ3n) is 4.63. The number of benzene rings is 1. The van der Waals surface area contributed by atoms with Gasteiger partial charge in [0.25, 0.3) is 5.91 Å². The van der Waals surface area contributed by atoms with E-state index < -0.39 is 0 Å². The highest BCUT2D eigenvalue weighted by molar-refractivity contribution is 7.16. The van der Waals surface area contributed by atoms with Gasteiger partial charge in [0.1, 0.15) is 5.82 Å². The first kappa shape index (κ1) is 17.7. The zero-order valence-corrected chi connectivity index (χ0v) is 16.3. The second-order valence-corrected chi connectivity index (χ2v) is 7.43. The first-order valence-corrected chi connectivity index (χ1v) is 9.99. The number of anilines is 2. The zero-order valence-electron chi connectivity index (χ0n) is 15.5. The number of aryl methyl sites for hydroxylation is 1. The van der Waals surface area contributed by atoms with Crippen LogP contribution in [0.1, 0.15) is 23.0 Å². The summed E-state index contributed by atoms with van der Waals surface area (Å²) < 4.78 is 1.05. The van der Waals surface area contributed by atoms with E-state index in [-0.39, 0.29) is 5.91 Å². The van der Waals surface area contributed by atoms with Crippen LogP contribution in [0, 0.1) is 6.92 Å². The average Bonchev–Trinajstić information content (AvgIpc) is 3.15. The van der Waals surface area contributed by atoms with Gasteiger partial charge in [0, 0.05) is 50.0 Å². The maximum absolute atomic E-state index is 12.9. The van der Waals surface area contributed by atoms with Crippen LogP contribution in [0.4, 0.5) is 11.8 Å². The third-order valence-corrected chi connectivity index (χ3v) is 5.42. The second-order valence-electron chi connectivity index (χ2n) is 6.54. The SMILES string of the molecule is CCNc1cc(C)nc(N2CCN(C(=O)c3ccc4ncsc4c3)CC2)n1. The maximum atomic E-state index is 12.9. The molecule has 4 rings (SSSR count). The Balaban J connectivity index is 1.44. The van der Waals surface area contributed by atoms with Crippen molar-refractivity contribution in [1.82, 2.24) is 19.9 Å². The highest BCUT2D eigenvalue weighted by Crippen LogP contribution is 2.21. The molecule has 0 aliphatic carbocycles. The first-order valence-electron chi connectivity index (χ1n) is 9.11. The van der Waals surface area contributed by atoms with Crippen LogP contribution in [0.2, 0.25) is 0 Å². The van der Waals surface area contributed by atoms with Crippen LogP contribution in [0.5, 0.6) is 0 Å². The summed E-state index contributed by atoms with van der Waals surface area (Å²) in [4.78, 5) is 30.3. The molecular formula is C19H22N6OS. The van der Waals surface area contributed by atoms with Gasteiger partial charge in [0.15, 0.2) is 0 Å². The number of thiazole rings is 1. The normalized spacial score (nSPS) is 14.6. The molecule has 140 valence electrons. The molecule has 1 aromatic carbocycles. The predicted octanol–water partition coefficient (Wildman–Crippen LogP) is 2.79. The quantitative estimate of drug-likeness (QED) is 0.748. The Hall–Kier alpha value is -2.74. The van der Waals surface area contributed by atoms with Crippen molar-refractivity contribution in [1.29, 1.82) is 0 Å². The lowest BCUT2D eigenvalue weighted by molar-refractivity contribution is 0.0746. The van der Waals surface area contributed by atoms with E-state index in [0.29, 0.717) is 13.1 Å². The van der Waals surface area contributed by atoms with Crippen molar-refractivity contribution < 1.29 is 4.79 Å². The van der Waals surface area contributed by atoms with E-state index in [9.17, 15) is 4.79 Å². The van der Waals surface area contributed by atoms with Crippen LogP contribution in [0.15, 0.2) is 29.8 Å². The largest absolute Gasteiger partial charge is 0.370 e. The highest BCUT2D eigenvalue weighted by Gasteiger charge is 2.24. The molecule has 3 aromatic rings. The van der Waals surface area contributed by atoms with Crippen molar-refractivity contribution in [3.63, 3.8) is 0 Å². The van der Waals surface area contributed by atoms with Gasteiger partial charge in [0.05, 0.1) is 15.7 Å². The van der Waals surface area contributed by atoms with Crippen molar-refractivity contribution >= 4 is 39.2 Å². The van der Waals surface area contributed by atoms with Crippen LogP contribution in [-0.4, -0.2) is 58.5 Å². The van der Waals surface area contributed by atoms with E-state index in [2.05, 4.69) is 25.2 Å². The minimum Gasteiger partial charge on any atom is -0.370 e. The van der Waals surface area contributed by atoms with Crippen LogP contribution >= 0.6 is 11.3 Å². The molecule has 1 N–H and O–H groups in total. The number of carbonyl (C=O) groups is 1. The topological polar surface area (TPSA) is 74.2 Å². The number of piperazine rings is 1.